The first-order chi connectivity index (χ1) is 12.9. The Morgan fingerprint density at radius 3 is 2.30 bits per heavy atom. The lowest BCUT2D eigenvalue weighted by molar-refractivity contribution is -0.118. The SMILES string of the molecule is O=C(COc1ccc2ccccc2c1)Nc1ccc(S(=O)(=O)C(F)F)cc1. The summed E-state index contributed by atoms with van der Waals surface area (Å²) >= 11 is 0. The fraction of sp³-hybridized carbons (Fsp3) is 0.105. The van der Waals surface area contributed by atoms with E-state index >= 15 is 0 Å². The maximum atomic E-state index is 12.5. The number of fused-ring (bicyclic) bond motifs is 1. The number of anilines is 1. The summed E-state index contributed by atoms with van der Waals surface area (Å²) in [4.78, 5) is 11.5. The van der Waals surface area contributed by atoms with Crippen molar-refractivity contribution >= 4 is 32.2 Å². The number of hydrogen-bond donors (Lipinski definition) is 1. The number of hydrogen-bond acceptors (Lipinski definition) is 4. The Kier molecular flexibility index (Phi) is 5.36. The molecule has 0 bridgehead atoms. The van der Waals surface area contributed by atoms with Crippen molar-refractivity contribution in [3.05, 3.63) is 66.7 Å². The molecule has 1 N–H and O–H groups in total. The van der Waals surface area contributed by atoms with E-state index in [4.69, 9.17) is 4.74 Å². The third-order valence-electron chi connectivity index (χ3n) is 3.79. The Balaban J connectivity index is 1.60. The summed E-state index contributed by atoms with van der Waals surface area (Å²) in [7, 11) is -4.66. The molecule has 0 fully saturated rings. The molecule has 8 heteroatoms. The molecule has 0 radical (unpaired) electrons. The van der Waals surface area contributed by atoms with Gasteiger partial charge in [-0.3, -0.25) is 4.79 Å². The number of rotatable bonds is 6. The second-order valence-electron chi connectivity index (χ2n) is 5.68. The topological polar surface area (TPSA) is 72.5 Å². The normalized spacial score (nSPS) is 11.5. The van der Waals surface area contributed by atoms with Gasteiger partial charge in [-0.05, 0) is 47.2 Å². The summed E-state index contributed by atoms with van der Waals surface area (Å²) in [5, 5.41) is 4.54. The number of ether oxygens (including phenoxy) is 1. The highest BCUT2D eigenvalue weighted by molar-refractivity contribution is 7.91. The Labute approximate surface area is 154 Å². The van der Waals surface area contributed by atoms with Crippen molar-refractivity contribution in [2.75, 3.05) is 11.9 Å². The molecule has 0 aromatic heterocycles. The fourth-order valence-corrected chi connectivity index (χ4v) is 3.16. The highest BCUT2D eigenvalue weighted by Gasteiger charge is 2.26. The number of benzene rings is 3. The summed E-state index contributed by atoms with van der Waals surface area (Å²) < 4.78 is 53.2. The second-order valence-corrected chi connectivity index (χ2v) is 7.59. The minimum atomic E-state index is -4.66. The van der Waals surface area contributed by atoms with E-state index in [-0.39, 0.29) is 12.3 Å². The van der Waals surface area contributed by atoms with E-state index < -0.39 is 26.4 Å². The fourth-order valence-electron chi connectivity index (χ4n) is 2.43. The monoisotopic (exact) mass is 391 g/mol. The van der Waals surface area contributed by atoms with Gasteiger partial charge in [0.2, 0.25) is 9.84 Å². The zero-order valence-corrected chi connectivity index (χ0v) is 14.7. The van der Waals surface area contributed by atoms with Crippen molar-refractivity contribution in [2.45, 2.75) is 10.7 Å². The van der Waals surface area contributed by atoms with Crippen LogP contribution in [-0.4, -0.2) is 26.7 Å². The quantitative estimate of drug-likeness (QED) is 0.693. The molecule has 0 atom stereocenters. The van der Waals surface area contributed by atoms with Gasteiger partial charge in [-0.25, -0.2) is 8.42 Å². The molecule has 0 spiro atoms. The average Bonchev–Trinajstić information content (AvgIpc) is 2.66. The summed E-state index contributed by atoms with van der Waals surface area (Å²) in [5.74, 6) is -3.43. The van der Waals surface area contributed by atoms with Crippen molar-refractivity contribution in [2.24, 2.45) is 0 Å². The van der Waals surface area contributed by atoms with Gasteiger partial charge in [0.15, 0.2) is 6.61 Å². The van der Waals surface area contributed by atoms with Crippen molar-refractivity contribution < 1.29 is 26.7 Å². The molecule has 1 amide bonds. The van der Waals surface area contributed by atoms with E-state index in [1.165, 1.54) is 12.1 Å². The molecule has 27 heavy (non-hydrogen) atoms. The van der Waals surface area contributed by atoms with E-state index in [1.54, 1.807) is 6.07 Å². The molecular formula is C19H15F2NO4S. The zero-order valence-electron chi connectivity index (χ0n) is 13.9. The molecule has 3 aromatic rings. The number of carbonyl (C=O) groups excluding carboxylic acids is 1. The van der Waals surface area contributed by atoms with Gasteiger partial charge in [0.25, 0.3) is 5.91 Å². The van der Waals surface area contributed by atoms with Crippen molar-refractivity contribution in [1.82, 2.24) is 0 Å². The van der Waals surface area contributed by atoms with Gasteiger partial charge >= 0.3 is 5.76 Å². The Morgan fingerprint density at radius 2 is 1.63 bits per heavy atom. The van der Waals surface area contributed by atoms with E-state index in [2.05, 4.69) is 5.32 Å². The molecule has 140 valence electrons. The van der Waals surface area contributed by atoms with Crippen LogP contribution in [0.1, 0.15) is 0 Å². The predicted molar refractivity (Wildman–Crippen MR) is 97.7 cm³/mol. The Morgan fingerprint density at radius 1 is 0.963 bits per heavy atom. The lowest BCUT2D eigenvalue weighted by atomic mass is 10.1. The zero-order chi connectivity index (χ0) is 19.4. The van der Waals surface area contributed by atoms with Gasteiger partial charge in [-0.1, -0.05) is 30.3 Å². The van der Waals surface area contributed by atoms with Crippen LogP contribution < -0.4 is 10.1 Å². The third kappa shape index (κ3) is 4.40. The average molecular weight is 391 g/mol. The molecule has 3 rings (SSSR count). The number of amides is 1. The van der Waals surface area contributed by atoms with Crippen molar-refractivity contribution in [1.29, 1.82) is 0 Å². The molecule has 5 nitrogen and oxygen atoms in total. The van der Waals surface area contributed by atoms with Gasteiger partial charge in [-0.15, -0.1) is 0 Å². The molecule has 0 saturated heterocycles. The van der Waals surface area contributed by atoms with Crippen LogP contribution in [0.3, 0.4) is 0 Å². The minimum Gasteiger partial charge on any atom is -0.484 e. The molecule has 0 aliphatic carbocycles. The molecule has 0 saturated carbocycles. The van der Waals surface area contributed by atoms with E-state index in [0.717, 1.165) is 22.9 Å². The number of carbonyl (C=O) groups is 1. The molecule has 0 aliphatic rings. The molecule has 3 aromatic carbocycles. The number of alkyl halides is 2. The van der Waals surface area contributed by atoms with Crippen LogP contribution in [0, 0.1) is 0 Å². The van der Waals surface area contributed by atoms with E-state index in [9.17, 15) is 22.0 Å². The van der Waals surface area contributed by atoms with Gasteiger partial charge in [0.05, 0.1) is 4.90 Å². The van der Waals surface area contributed by atoms with Crippen molar-refractivity contribution in [3.8, 4) is 5.75 Å². The lowest BCUT2D eigenvalue weighted by Crippen LogP contribution is -2.20. The van der Waals surface area contributed by atoms with Crippen molar-refractivity contribution in [3.63, 3.8) is 0 Å². The maximum Gasteiger partial charge on any atom is 0.341 e. The highest BCUT2D eigenvalue weighted by Crippen LogP contribution is 2.21. The second kappa shape index (κ2) is 7.71. The van der Waals surface area contributed by atoms with Crippen LogP contribution in [0.4, 0.5) is 14.5 Å². The van der Waals surface area contributed by atoms with Crippen LogP contribution in [0.2, 0.25) is 0 Å². The van der Waals surface area contributed by atoms with Crippen LogP contribution in [-0.2, 0) is 14.6 Å². The number of halogens is 2. The standard InChI is InChI=1S/C19H15F2NO4S/c20-19(21)27(24,25)17-9-6-15(7-10-17)22-18(23)12-26-16-8-5-13-3-1-2-4-14(13)11-16/h1-11,19H,12H2,(H,22,23). The van der Waals surface area contributed by atoms with Gasteiger partial charge in [0.1, 0.15) is 5.75 Å². The van der Waals surface area contributed by atoms with Crippen LogP contribution >= 0.6 is 0 Å². The first-order valence-electron chi connectivity index (χ1n) is 7.90. The van der Waals surface area contributed by atoms with E-state index in [1.807, 2.05) is 36.4 Å². The lowest BCUT2D eigenvalue weighted by Gasteiger charge is -2.09. The number of nitrogens with one attached hydrogen (secondary N) is 1. The summed E-state index contributed by atoms with van der Waals surface area (Å²) in [5.41, 5.74) is 0.273. The largest absolute Gasteiger partial charge is 0.484 e. The number of sulfone groups is 1. The molecular weight excluding hydrogens is 376 g/mol. The molecule has 0 heterocycles. The first-order valence-corrected chi connectivity index (χ1v) is 9.44. The van der Waals surface area contributed by atoms with Crippen LogP contribution in [0.25, 0.3) is 10.8 Å². The predicted octanol–water partition coefficient (Wildman–Crippen LogP) is 3.85. The van der Waals surface area contributed by atoms with Gasteiger partial charge < -0.3 is 10.1 Å². The summed E-state index contributed by atoms with van der Waals surface area (Å²) in [6, 6.07) is 17.7. The van der Waals surface area contributed by atoms with Gasteiger partial charge in [0, 0.05) is 5.69 Å². The van der Waals surface area contributed by atoms with E-state index in [0.29, 0.717) is 5.75 Å². The van der Waals surface area contributed by atoms with Crippen LogP contribution in [0.5, 0.6) is 5.75 Å². The first kappa shape index (κ1) is 18.8. The Bertz CT molecular complexity index is 1070. The Hall–Kier alpha value is -3.00. The van der Waals surface area contributed by atoms with Gasteiger partial charge in [-0.2, -0.15) is 8.78 Å². The third-order valence-corrected chi connectivity index (χ3v) is 5.19. The van der Waals surface area contributed by atoms with Crippen LogP contribution in [0.15, 0.2) is 71.6 Å². The smallest absolute Gasteiger partial charge is 0.341 e. The maximum absolute atomic E-state index is 12.5. The summed E-state index contributed by atoms with van der Waals surface area (Å²) in [6.07, 6.45) is 0. The minimum absolute atomic E-state index is 0.255. The molecule has 0 aliphatic heterocycles. The highest BCUT2D eigenvalue weighted by atomic mass is 32.2. The molecule has 0 unspecified atom stereocenters. The summed E-state index contributed by atoms with van der Waals surface area (Å²) in [6.45, 7) is -0.255.